The van der Waals surface area contributed by atoms with Gasteiger partial charge in [-0.15, -0.1) is 11.3 Å². The highest BCUT2D eigenvalue weighted by atomic mass is 32.1. The summed E-state index contributed by atoms with van der Waals surface area (Å²) in [4.78, 5) is 40.0. The Hall–Kier alpha value is -2.36. The summed E-state index contributed by atoms with van der Waals surface area (Å²) in [7, 11) is 1.76. The second-order valence-electron chi connectivity index (χ2n) is 7.67. The number of rotatable bonds is 5. The van der Waals surface area contributed by atoms with Crippen LogP contribution in [0, 0.1) is 0 Å². The quantitative estimate of drug-likeness (QED) is 0.724. The van der Waals surface area contributed by atoms with Gasteiger partial charge in [-0.05, 0) is 19.1 Å². The van der Waals surface area contributed by atoms with Crippen LogP contribution in [0.25, 0.3) is 0 Å². The minimum atomic E-state index is -0.989. The van der Waals surface area contributed by atoms with Crippen molar-refractivity contribution < 1.29 is 14.3 Å². The molecule has 1 aromatic rings. The molecule has 0 N–H and O–H groups in total. The Morgan fingerprint density at radius 2 is 2.14 bits per heavy atom. The average Bonchev–Trinajstić information content (AvgIpc) is 3.14. The Morgan fingerprint density at radius 3 is 2.93 bits per heavy atom. The van der Waals surface area contributed by atoms with Crippen molar-refractivity contribution in [2.45, 2.75) is 32.0 Å². The molecule has 1 atom stereocenters. The number of thiazole rings is 1. The van der Waals surface area contributed by atoms with E-state index in [4.69, 9.17) is 9.72 Å². The maximum Gasteiger partial charge on any atom is 0.250 e. The van der Waals surface area contributed by atoms with Crippen molar-refractivity contribution in [1.29, 1.82) is 0 Å². The van der Waals surface area contributed by atoms with Crippen LogP contribution in [0.4, 0.5) is 0 Å². The van der Waals surface area contributed by atoms with Crippen LogP contribution in [0.3, 0.4) is 0 Å². The van der Waals surface area contributed by atoms with Crippen LogP contribution in [0.2, 0.25) is 0 Å². The fourth-order valence-corrected chi connectivity index (χ4v) is 4.67. The molecule has 0 aliphatic carbocycles. The first-order chi connectivity index (χ1) is 14.0. The molecule has 1 aromatic heterocycles. The highest BCUT2D eigenvalue weighted by Crippen LogP contribution is 2.30. The third kappa shape index (κ3) is 4.17. The maximum absolute atomic E-state index is 13.3. The van der Waals surface area contributed by atoms with E-state index in [2.05, 4.69) is 9.89 Å². The van der Waals surface area contributed by atoms with Crippen LogP contribution in [-0.2, 0) is 27.4 Å². The number of amidine groups is 1. The number of ether oxygens (including phenoxy) is 1. The lowest BCUT2D eigenvalue weighted by molar-refractivity contribution is -0.143. The molecular formula is C20H25N5O3S. The van der Waals surface area contributed by atoms with Gasteiger partial charge in [0.1, 0.15) is 16.4 Å². The number of likely N-dealkylation sites (N-methyl/N-ethyl adjacent to an activating group) is 1. The molecule has 4 rings (SSSR count). The number of morpholine rings is 1. The standard InChI is InChI=1S/C20H25N5O3S/c1-20(11-17(26)22-16-5-3-4-6-25(16)20)19(27)23(2)12-15-14-29-18(21-15)13-24-7-9-28-10-8-24/h3-6,14H,7-13H2,1-2H3. The number of carbonyl (C=O) groups excluding carboxylic acids is 2. The van der Waals surface area contributed by atoms with Gasteiger partial charge >= 0.3 is 0 Å². The van der Waals surface area contributed by atoms with Crippen LogP contribution >= 0.6 is 11.3 Å². The molecule has 1 fully saturated rings. The fourth-order valence-electron chi connectivity index (χ4n) is 3.84. The summed E-state index contributed by atoms with van der Waals surface area (Å²) < 4.78 is 5.39. The van der Waals surface area contributed by atoms with Crippen LogP contribution in [-0.4, -0.2) is 76.2 Å². The summed E-state index contributed by atoms with van der Waals surface area (Å²) >= 11 is 1.61. The zero-order valence-corrected chi connectivity index (χ0v) is 17.5. The molecule has 154 valence electrons. The van der Waals surface area contributed by atoms with Gasteiger partial charge in [0.25, 0.3) is 5.91 Å². The first-order valence-electron chi connectivity index (χ1n) is 9.70. The van der Waals surface area contributed by atoms with Gasteiger partial charge in [-0.1, -0.05) is 6.08 Å². The SMILES string of the molecule is CN(Cc1csc(CN2CCOCC2)n1)C(=O)C1(C)CC(=O)N=C2C=CC=CN21. The Balaban J connectivity index is 1.43. The number of amides is 2. The van der Waals surface area contributed by atoms with Crippen LogP contribution < -0.4 is 0 Å². The maximum atomic E-state index is 13.3. The predicted molar refractivity (Wildman–Crippen MR) is 110 cm³/mol. The molecule has 4 heterocycles. The van der Waals surface area contributed by atoms with Crippen molar-refractivity contribution in [2.75, 3.05) is 33.4 Å². The molecule has 0 bridgehead atoms. The number of hydrogen-bond acceptors (Lipinski definition) is 7. The van der Waals surface area contributed by atoms with Gasteiger partial charge in [-0.3, -0.25) is 14.5 Å². The van der Waals surface area contributed by atoms with Gasteiger partial charge < -0.3 is 14.5 Å². The van der Waals surface area contributed by atoms with Crippen molar-refractivity contribution in [3.63, 3.8) is 0 Å². The summed E-state index contributed by atoms with van der Waals surface area (Å²) in [5, 5.41) is 3.05. The second-order valence-corrected chi connectivity index (χ2v) is 8.61. The number of aromatic nitrogens is 1. The molecule has 3 aliphatic heterocycles. The van der Waals surface area contributed by atoms with Crippen molar-refractivity contribution in [1.82, 2.24) is 19.7 Å². The van der Waals surface area contributed by atoms with E-state index >= 15 is 0 Å². The van der Waals surface area contributed by atoms with E-state index in [9.17, 15) is 9.59 Å². The molecule has 0 saturated carbocycles. The lowest BCUT2D eigenvalue weighted by Gasteiger charge is -2.43. The van der Waals surface area contributed by atoms with Crippen LogP contribution in [0.15, 0.2) is 34.8 Å². The van der Waals surface area contributed by atoms with Crippen molar-refractivity contribution in [2.24, 2.45) is 4.99 Å². The van der Waals surface area contributed by atoms with Gasteiger partial charge in [0.05, 0.1) is 38.4 Å². The van der Waals surface area contributed by atoms with E-state index < -0.39 is 5.54 Å². The van der Waals surface area contributed by atoms with E-state index in [-0.39, 0.29) is 18.2 Å². The van der Waals surface area contributed by atoms with E-state index in [1.807, 2.05) is 17.5 Å². The molecular weight excluding hydrogens is 390 g/mol. The molecule has 0 aromatic carbocycles. The average molecular weight is 416 g/mol. The summed E-state index contributed by atoms with van der Waals surface area (Å²) in [5.41, 5.74) is -0.126. The fraction of sp³-hybridized carbons (Fsp3) is 0.500. The molecule has 29 heavy (non-hydrogen) atoms. The monoisotopic (exact) mass is 415 g/mol. The molecule has 1 unspecified atom stereocenters. The third-order valence-electron chi connectivity index (χ3n) is 5.37. The number of nitrogens with zero attached hydrogens (tertiary/aromatic N) is 5. The van der Waals surface area contributed by atoms with Crippen molar-refractivity contribution in [3.8, 4) is 0 Å². The number of carbonyl (C=O) groups is 2. The highest BCUT2D eigenvalue weighted by molar-refractivity contribution is 7.09. The second kappa shape index (κ2) is 8.17. The molecule has 8 nitrogen and oxygen atoms in total. The first kappa shape index (κ1) is 19.9. The largest absolute Gasteiger partial charge is 0.379 e. The molecule has 0 radical (unpaired) electrons. The van der Waals surface area contributed by atoms with Gasteiger partial charge in [-0.2, -0.15) is 4.99 Å². The van der Waals surface area contributed by atoms with Crippen LogP contribution in [0.5, 0.6) is 0 Å². The molecule has 9 heteroatoms. The normalized spacial score (nSPS) is 24.4. The lowest BCUT2D eigenvalue weighted by Crippen LogP contribution is -2.60. The van der Waals surface area contributed by atoms with Crippen molar-refractivity contribution in [3.05, 3.63) is 40.5 Å². The minimum Gasteiger partial charge on any atom is -0.379 e. The van der Waals surface area contributed by atoms with Gasteiger partial charge in [0.2, 0.25) is 5.91 Å². The molecule has 2 amide bonds. The Morgan fingerprint density at radius 1 is 1.34 bits per heavy atom. The predicted octanol–water partition coefficient (Wildman–Crippen LogP) is 1.41. The van der Waals surface area contributed by atoms with E-state index in [0.717, 1.165) is 43.5 Å². The number of hydrogen-bond donors (Lipinski definition) is 0. The van der Waals surface area contributed by atoms with E-state index in [0.29, 0.717) is 12.4 Å². The van der Waals surface area contributed by atoms with E-state index in [1.165, 1.54) is 0 Å². The topological polar surface area (TPSA) is 78.3 Å². The summed E-state index contributed by atoms with van der Waals surface area (Å²) in [5.74, 6) is 0.109. The molecule has 1 saturated heterocycles. The Bertz CT molecular complexity index is 886. The van der Waals surface area contributed by atoms with E-state index in [1.54, 1.807) is 47.4 Å². The third-order valence-corrected chi connectivity index (χ3v) is 6.26. The van der Waals surface area contributed by atoms with Crippen LogP contribution in [0.1, 0.15) is 24.0 Å². The highest BCUT2D eigenvalue weighted by Gasteiger charge is 2.46. The first-order valence-corrected chi connectivity index (χ1v) is 10.6. The van der Waals surface area contributed by atoms with Crippen molar-refractivity contribution >= 4 is 29.0 Å². The number of allylic oxidation sites excluding steroid dienone is 2. The van der Waals surface area contributed by atoms with Gasteiger partial charge in [0, 0.05) is 31.7 Å². The summed E-state index contributed by atoms with van der Waals surface area (Å²) in [6.07, 6.45) is 7.27. The van der Waals surface area contributed by atoms with Gasteiger partial charge in [0.15, 0.2) is 0 Å². The Kier molecular flexibility index (Phi) is 5.62. The summed E-state index contributed by atoms with van der Waals surface area (Å²) in [6, 6.07) is 0. The Labute approximate surface area is 174 Å². The van der Waals surface area contributed by atoms with Gasteiger partial charge in [-0.25, -0.2) is 4.98 Å². The summed E-state index contributed by atoms with van der Waals surface area (Å²) in [6.45, 7) is 6.37. The molecule has 0 spiro atoms. The number of fused-ring (bicyclic) bond motifs is 1. The number of aliphatic imine (C=N–C) groups is 1. The zero-order chi connectivity index (χ0) is 20.4. The zero-order valence-electron chi connectivity index (χ0n) is 16.7. The minimum absolute atomic E-state index is 0.0528. The lowest BCUT2D eigenvalue weighted by atomic mass is 9.90. The smallest absolute Gasteiger partial charge is 0.250 e. The molecule has 3 aliphatic rings.